The zero-order valence-corrected chi connectivity index (χ0v) is 8.40. The van der Waals surface area contributed by atoms with Crippen LogP contribution in [0.1, 0.15) is 6.42 Å². The topological polar surface area (TPSA) is 104 Å². The van der Waals surface area contributed by atoms with Gasteiger partial charge < -0.3 is 20.1 Å². The molecule has 1 aliphatic heterocycles. The van der Waals surface area contributed by atoms with Crippen molar-refractivity contribution in [3.63, 3.8) is 0 Å². The predicted octanol–water partition coefficient (Wildman–Crippen LogP) is -0.575. The Morgan fingerprint density at radius 3 is 3.06 bits per heavy atom. The van der Waals surface area contributed by atoms with Crippen molar-refractivity contribution in [3.05, 3.63) is 22.7 Å². The van der Waals surface area contributed by atoms with E-state index in [1.165, 1.54) is 12.4 Å². The Morgan fingerprint density at radius 1 is 1.69 bits per heavy atom. The highest BCUT2D eigenvalue weighted by atomic mass is 16.5. The maximum Gasteiger partial charge on any atom is 0.331 e. The molecular formula is C9H11N3O4. The summed E-state index contributed by atoms with van der Waals surface area (Å²) in [6.45, 7) is 0.444. The van der Waals surface area contributed by atoms with Crippen LogP contribution < -0.4 is 10.9 Å². The van der Waals surface area contributed by atoms with Gasteiger partial charge in [0.2, 0.25) is 0 Å². The van der Waals surface area contributed by atoms with E-state index in [9.17, 15) is 9.59 Å². The predicted molar refractivity (Wildman–Crippen MR) is 54.3 cm³/mol. The standard InChI is InChI=1S/C9H11N3O4/c13-7-3-6(10-5-11-7)12-9(8(14)15)1-2-16-4-9/h3,5H,1-2,4H2,(H,14,15)(H2,10,11,12,13). The van der Waals surface area contributed by atoms with Gasteiger partial charge in [-0.2, -0.15) is 0 Å². The molecule has 0 aromatic carbocycles. The summed E-state index contributed by atoms with van der Waals surface area (Å²) < 4.78 is 5.07. The van der Waals surface area contributed by atoms with E-state index < -0.39 is 11.5 Å². The number of H-pyrrole nitrogens is 1. The van der Waals surface area contributed by atoms with E-state index in [1.54, 1.807) is 0 Å². The van der Waals surface area contributed by atoms with Gasteiger partial charge in [0.1, 0.15) is 5.82 Å². The Kier molecular flexibility index (Phi) is 2.61. The first-order chi connectivity index (χ1) is 7.62. The maximum absolute atomic E-state index is 11.2. The van der Waals surface area contributed by atoms with Crippen LogP contribution in [0.25, 0.3) is 0 Å². The first kappa shape index (κ1) is 10.6. The Hall–Kier alpha value is -1.89. The lowest BCUT2D eigenvalue weighted by Crippen LogP contribution is -2.47. The first-order valence-electron chi connectivity index (χ1n) is 4.76. The number of nitrogens with zero attached hydrogens (tertiary/aromatic N) is 1. The molecule has 1 aliphatic rings. The van der Waals surface area contributed by atoms with E-state index in [2.05, 4.69) is 15.3 Å². The number of carbonyl (C=O) groups is 1. The summed E-state index contributed by atoms with van der Waals surface area (Å²) in [6.07, 6.45) is 1.56. The first-order valence-corrected chi connectivity index (χ1v) is 4.76. The van der Waals surface area contributed by atoms with E-state index >= 15 is 0 Å². The van der Waals surface area contributed by atoms with Crippen LogP contribution in [0, 0.1) is 0 Å². The average Bonchev–Trinajstić information content (AvgIpc) is 2.67. The summed E-state index contributed by atoms with van der Waals surface area (Å²) in [7, 11) is 0. The molecule has 1 saturated heterocycles. The van der Waals surface area contributed by atoms with Gasteiger partial charge in [0.15, 0.2) is 5.54 Å². The molecule has 0 amide bonds. The number of aromatic nitrogens is 2. The number of hydrogen-bond acceptors (Lipinski definition) is 5. The molecule has 86 valence electrons. The molecule has 16 heavy (non-hydrogen) atoms. The van der Waals surface area contributed by atoms with Gasteiger partial charge in [-0.05, 0) is 0 Å². The van der Waals surface area contributed by atoms with E-state index in [0.717, 1.165) is 0 Å². The fraction of sp³-hybridized carbons (Fsp3) is 0.444. The minimum absolute atomic E-state index is 0.0663. The molecule has 7 heteroatoms. The summed E-state index contributed by atoms with van der Waals surface area (Å²) in [6, 6.07) is 1.21. The lowest BCUT2D eigenvalue weighted by molar-refractivity contribution is -0.142. The minimum atomic E-state index is -1.18. The number of carboxylic acids is 1. The third-order valence-electron chi connectivity index (χ3n) is 2.48. The van der Waals surface area contributed by atoms with Crippen LogP contribution in [0.5, 0.6) is 0 Å². The van der Waals surface area contributed by atoms with Crippen LogP contribution in [-0.4, -0.2) is 39.8 Å². The second kappa shape index (κ2) is 3.93. The number of aliphatic carboxylic acids is 1. The molecule has 2 heterocycles. The zero-order chi connectivity index (χ0) is 11.6. The molecule has 1 aromatic heterocycles. The molecule has 0 bridgehead atoms. The van der Waals surface area contributed by atoms with Gasteiger partial charge in [-0.15, -0.1) is 0 Å². The van der Waals surface area contributed by atoms with E-state index in [0.29, 0.717) is 13.0 Å². The van der Waals surface area contributed by atoms with Crippen LogP contribution in [-0.2, 0) is 9.53 Å². The highest BCUT2D eigenvalue weighted by molar-refractivity contribution is 5.83. The lowest BCUT2D eigenvalue weighted by atomic mass is 9.99. The molecule has 1 fully saturated rings. The third-order valence-corrected chi connectivity index (χ3v) is 2.48. The molecule has 0 radical (unpaired) electrons. The summed E-state index contributed by atoms with van der Waals surface area (Å²) in [5, 5.41) is 11.9. The van der Waals surface area contributed by atoms with Gasteiger partial charge in [-0.1, -0.05) is 0 Å². The number of rotatable bonds is 3. The maximum atomic E-state index is 11.2. The lowest BCUT2D eigenvalue weighted by Gasteiger charge is -2.23. The van der Waals surface area contributed by atoms with Crippen molar-refractivity contribution in [2.24, 2.45) is 0 Å². The Bertz CT molecular complexity index is 450. The van der Waals surface area contributed by atoms with Gasteiger partial charge in [-0.25, -0.2) is 9.78 Å². The quantitative estimate of drug-likeness (QED) is 0.636. The van der Waals surface area contributed by atoms with E-state index in [4.69, 9.17) is 9.84 Å². The average molecular weight is 225 g/mol. The Morgan fingerprint density at radius 2 is 2.50 bits per heavy atom. The monoisotopic (exact) mass is 225 g/mol. The largest absolute Gasteiger partial charge is 0.479 e. The van der Waals surface area contributed by atoms with Crippen LogP contribution in [0.4, 0.5) is 5.82 Å². The van der Waals surface area contributed by atoms with Crippen molar-refractivity contribution in [2.75, 3.05) is 18.5 Å². The van der Waals surface area contributed by atoms with E-state index in [-0.39, 0.29) is 18.0 Å². The highest BCUT2D eigenvalue weighted by Crippen LogP contribution is 2.23. The summed E-state index contributed by atoms with van der Waals surface area (Å²) in [5.41, 5.74) is -1.52. The Balaban J connectivity index is 2.24. The molecule has 1 unspecified atom stereocenters. The molecule has 1 atom stereocenters. The van der Waals surface area contributed by atoms with E-state index in [1.807, 2.05) is 0 Å². The number of aromatic amines is 1. The second-order valence-corrected chi connectivity index (χ2v) is 3.61. The molecule has 1 aromatic rings. The van der Waals surface area contributed by atoms with Gasteiger partial charge in [0, 0.05) is 19.1 Å². The smallest absolute Gasteiger partial charge is 0.331 e. The van der Waals surface area contributed by atoms with Crippen molar-refractivity contribution in [3.8, 4) is 0 Å². The van der Waals surface area contributed by atoms with Gasteiger partial charge >= 0.3 is 5.97 Å². The van der Waals surface area contributed by atoms with Gasteiger partial charge in [0.25, 0.3) is 5.56 Å². The number of anilines is 1. The fourth-order valence-electron chi connectivity index (χ4n) is 1.57. The zero-order valence-electron chi connectivity index (χ0n) is 8.40. The Labute approximate surface area is 90.5 Å². The summed E-state index contributed by atoms with van der Waals surface area (Å²) in [5.74, 6) is -0.774. The molecular weight excluding hydrogens is 214 g/mol. The third kappa shape index (κ3) is 1.89. The number of carboxylic acid groups (broad SMARTS) is 1. The highest BCUT2D eigenvalue weighted by Gasteiger charge is 2.42. The normalized spacial score (nSPS) is 24.2. The van der Waals surface area contributed by atoms with Crippen LogP contribution >= 0.6 is 0 Å². The molecule has 0 spiro atoms. The molecule has 3 N–H and O–H groups in total. The van der Waals surface area contributed by atoms with Crippen molar-refractivity contribution in [1.82, 2.24) is 9.97 Å². The number of nitrogens with one attached hydrogen (secondary N) is 2. The molecule has 7 nitrogen and oxygen atoms in total. The molecule has 0 saturated carbocycles. The summed E-state index contributed by atoms with van der Waals surface area (Å²) >= 11 is 0. The van der Waals surface area contributed by atoms with Crippen LogP contribution in [0.3, 0.4) is 0 Å². The fourth-order valence-corrected chi connectivity index (χ4v) is 1.57. The SMILES string of the molecule is O=C(O)C1(Nc2cc(=O)[nH]cn2)CCOC1. The number of ether oxygens (including phenoxy) is 1. The van der Waals surface area contributed by atoms with Crippen molar-refractivity contribution < 1.29 is 14.6 Å². The van der Waals surface area contributed by atoms with Crippen LogP contribution in [0.15, 0.2) is 17.2 Å². The van der Waals surface area contributed by atoms with Gasteiger partial charge in [-0.3, -0.25) is 4.79 Å². The molecule has 0 aliphatic carbocycles. The van der Waals surface area contributed by atoms with Crippen molar-refractivity contribution in [1.29, 1.82) is 0 Å². The van der Waals surface area contributed by atoms with Crippen molar-refractivity contribution in [2.45, 2.75) is 12.0 Å². The second-order valence-electron chi connectivity index (χ2n) is 3.61. The van der Waals surface area contributed by atoms with Crippen molar-refractivity contribution >= 4 is 11.8 Å². The molecule has 2 rings (SSSR count). The number of hydrogen-bond donors (Lipinski definition) is 3. The summed E-state index contributed by atoms with van der Waals surface area (Å²) in [4.78, 5) is 28.4. The van der Waals surface area contributed by atoms with Gasteiger partial charge in [0.05, 0.1) is 12.9 Å². The van der Waals surface area contributed by atoms with Crippen LogP contribution in [0.2, 0.25) is 0 Å². The minimum Gasteiger partial charge on any atom is -0.479 e.